The van der Waals surface area contributed by atoms with Gasteiger partial charge in [-0.2, -0.15) is 0 Å². The molecule has 5 aromatic carbocycles. The monoisotopic (exact) mass is 517 g/mol. The number of amides is 4. The largest absolute Gasteiger partial charge is 0.309 e. The highest BCUT2D eigenvalue weighted by Gasteiger charge is 2.36. The van der Waals surface area contributed by atoms with Crippen molar-refractivity contribution < 1.29 is 19.2 Å². The number of benzene rings is 5. The van der Waals surface area contributed by atoms with Crippen molar-refractivity contribution in [1.82, 2.24) is 20.4 Å². The average Bonchev–Trinajstić information content (AvgIpc) is 2.93. The molecule has 2 aliphatic heterocycles. The molecular weight excluding hydrogens is 492 g/mol. The first-order chi connectivity index (χ1) is 18.8. The number of fused-ring (bicyclic) bond motifs is 2. The summed E-state index contributed by atoms with van der Waals surface area (Å²) in [5.74, 6) is -1.33. The van der Waals surface area contributed by atoms with Gasteiger partial charge < -0.3 is 4.90 Å². The normalized spacial score (nSPS) is 15.4. The van der Waals surface area contributed by atoms with E-state index in [2.05, 4.69) is 0 Å². The lowest BCUT2D eigenvalue weighted by atomic mass is 9.82. The Labute approximate surface area is 223 Å². The first kappa shape index (κ1) is 23.7. The summed E-state index contributed by atoms with van der Waals surface area (Å²) < 4.78 is 0. The molecule has 1 N–H and O–H groups in total. The molecule has 0 aromatic heterocycles. The van der Waals surface area contributed by atoms with E-state index >= 15 is 0 Å². The zero-order valence-electron chi connectivity index (χ0n) is 21.6. The molecule has 4 amide bonds. The van der Waals surface area contributed by atoms with Gasteiger partial charge in [0, 0.05) is 52.7 Å². The van der Waals surface area contributed by atoms with Gasteiger partial charge in [0.2, 0.25) is 0 Å². The molecule has 7 rings (SSSR count). The third-order valence-electron chi connectivity index (χ3n) is 8.13. The summed E-state index contributed by atoms with van der Waals surface area (Å²) in [6, 6.07) is 14.7. The quantitative estimate of drug-likeness (QED) is 0.191. The van der Waals surface area contributed by atoms with Gasteiger partial charge >= 0.3 is 0 Å². The maximum atomic E-state index is 13.5. The number of carbonyl (C=O) groups is 4. The summed E-state index contributed by atoms with van der Waals surface area (Å²) in [4.78, 5) is 58.1. The summed E-state index contributed by atoms with van der Waals surface area (Å²) in [6.45, 7) is 1.11. The molecule has 2 heterocycles. The molecule has 0 saturated carbocycles. The molecule has 8 heteroatoms. The van der Waals surface area contributed by atoms with Crippen LogP contribution in [0, 0.1) is 0 Å². The molecular formula is C31H25N4O4. The molecule has 1 radical (unpaired) electrons. The summed E-state index contributed by atoms with van der Waals surface area (Å²) in [6.07, 6.45) is 0.690. The fourth-order valence-corrected chi connectivity index (χ4v) is 6.43. The second kappa shape index (κ2) is 8.30. The molecule has 8 nitrogen and oxygen atoms in total. The Morgan fingerprint density at radius 2 is 0.923 bits per heavy atom. The van der Waals surface area contributed by atoms with Gasteiger partial charge in [-0.3, -0.25) is 34.7 Å². The highest BCUT2D eigenvalue weighted by Crippen LogP contribution is 2.46. The maximum Gasteiger partial charge on any atom is 0.261 e. The van der Waals surface area contributed by atoms with Crippen molar-refractivity contribution in [2.45, 2.75) is 6.42 Å². The van der Waals surface area contributed by atoms with Crippen LogP contribution in [0.4, 0.5) is 0 Å². The van der Waals surface area contributed by atoms with E-state index in [9.17, 15) is 19.2 Å². The van der Waals surface area contributed by atoms with Crippen LogP contribution in [0.25, 0.3) is 43.1 Å². The third kappa shape index (κ3) is 3.07. The van der Waals surface area contributed by atoms with Crippen LogP contribution in [0.3, 0.4) is 0 Å². The van der Waals surface area contributed by atoms with Gasteiger partial charge in [0.1, 0.15) is 0 Å². The first-order valence-electron chi connectivity index (χ1n) is 13.1. The van der Waals surface area contributed by atoms with Crippen LogP contribution >= 0.6 is 0 Å². The molecule has 2 aliphatic rings. The average molecular weight is 518 g/mol. The van der Waals surface area contributed by atoms with Crippen molar-refractivity contribution in [3.63, 3.8) is 0 Å². The molecule has 0 spiro atoms. The lowest BCUT2D eigenvalue weighted by molar-refractivity contribution is 0.0594. The van der Waals surface area contributed by atoms with Crippen LogP contribution in [0.15, 0.2) is 48.5 Å². The Morgan fingerprint density at radius 1 is 0.564 bits per heavy atom. The molecule has 0 atom stereocenters. The first-order valence-corrected chi connectivity index (χ1v) is 13.1. The van der Waals surface area contributed by atoms with Gasteiger partial charge in [-0.25, -0.2) is 0 Å². The zero-order chi connectivity index (χ0) is 27.2. The van der Waals surface area contributed by atoms with Crippen molar-refractivity contribution >= 4 is 66.7 Å². The van der Waals surface area contributed by atoms with Crippen LogP contribution in [0.1, 0.15) is 47.9 Å². The van der Waals surface area contributed by atoms with Gasteiger partial charge in [-0.05, 0) is 83.6 Å². The van der Waals surface area contributed by atoms with Crippen molar-refractivity contribution in [1.29, 1.82) is 0 Å². The Kier molecular flexibility index (Phi) is 5.04. The number of nitrogens with zero attached hydrogens (tertiary/aromatic N) is 3. The van der Waals surface area contributed by atoms with Gasteiger partial charge in [0.05, 0.1) is 0 Å². The van der Waals surface area contributed by atoms with Gasteiger partial charge in [-0.1, -0.05) is 24.3 Å². The van der Waals surface area contributed by atoms with Crippen molar-refractivity contribution in [2.24, 2.45) is 0 Å². The summed E-state index contributed by atoms with van der Waals surface area (Å²) >= 11 is 0. The van der Waals surface area contributed by atoms with Crippen LogP contribution in [0.5, 0.6) is 0 Å². The Hall–Kier alpha value is -4.40. The van der Waals surface area contributed by atoms with Gasteiger partial charge in [0.25, 0.3) is 23.6 Å². The molecule has 0 saturated heterocycles. The number of hydrogen-bond acceptors (Lipinski definition) is 5. The molecule has 193 valence electrons. The summed E-state index contributed by atoms with van der Waals surface area (Å²) in [5.41, 5.74) is 9.48. The van der Waals surface area contributed by atoms with E-state index in [4.69, 9.17) is 5.73 Å². The minimum atomic E-state index is -0.384. The Morgan fingerprint density at radius 3 is 1.26 bits per heavy atom. The predicted octanol–water partition coefficient (Wildman–Crippen LogP) is 4.16. The number of imide groups is 2. The van der Waals surface area contributed by atoms with E-state index in [1.165, 1.54) is 4.90 Å². The second-order valence-corrected chi connectivity index (χ2v) is 10.6. The zero-order valence-corrected chi connectivity index (χ0v) is 21.6. The van der Waals surface area contributed by atoms with Crippen LogP contribution in [-0.2, 0) is 0 Å². The molecule has 5 aromatic rings. The minimum Gasteiger partial charge on any atom is -0.309 e. The van der Waals surface area contributed by atoms with E-state index in [-0.39, 0.29) is 36.7 Å². The number of carbonyl (C=O) groups excluding carboxylic acids is 4. The number of nitrogens with one attached hydrogen (secondary N) is 1. The van der Waals surface area contributed by atoms with Crippen molar-refractivity contribution in [3.05, 3.63) is 70.8 Å². The smallest absolute Gasteiger partial charge is 0.261 e. The maximum absolute atomic E-state index is 13.5. The van der Waals surface area contributed by atoms with E-state index < -0.39 is 0 Å². The molecule has 0 fully saturated rings. The van der Waals surface area contributed by atoms with Gasteiger partial charge in [-0.15, -0.1) is 0 Å². The molecule has 0 aliphatic carbocycles. The van der Waals surface area contributed by atoms with E-state index in [0.29, 0.717) is 46.0 Å². The van der Waals surface area contributed by atoms with Gasteiger partial charge in [0.15, 0.2) is 0 Å². The van der Waals surface area contributed by atoms with Crippen molar-refractivity contribution in [2.75, 3.05) is 40.3 Å². The Balaban J connectivity index is 1.50. The predicted molar refractivity (Wildman–Crippen MR) is 150 cm³/mol. The topological polar surface area (TPSA) is 102 Å². The molecule has 0 bridgehead atoms. The second-order valence-electron chi connectivity index (χ2n) is 10.6. The van der Waals surface area contributed by atoms with Crippen LogP contribution < -0.4 is 5.73 Å². The van der Waals surface area contributed by atoms with Crippen molar-refractivity contribution in [3.8, 4) is 0 Å². The van der Waals surface area contributed by atoms with E-state index in [0.717, 1.165) is 43.8 Å². The lowest BCUT2D eigenvalue weighted by Gasteiger charge is -2.30. The fraction of sp³-hybridized carbons (Fsp3) is 0.226. The SMILES string of the molecule is CN(C)CCCN1C(=O)c2ccc3c4ccc5c6c(ccc(c7ccc(c2c37)C1=O)c64)C(=O)N(CC[NH])C5=O. The fourth-order valence-electron chi connectivity index (χ4n) is 6.43. The summed E-state index contributed by atoms with van der Waals surface area (Å²) in [7, 11) is 3.92. The summed E-state index contributed by atoms with van der Waals surface area (Å²) in [5, 5.41) is 6.44. The number of hydrogen-bond donors (Lipinski definition) is 0. The number of rotatable bonds is 6. The van der Waals surface area contributed by atoms with Crippen LogP contribution in [0.2, 0.25) is 0 Å². The standard InChI is InChI=1S/C31H25N4O4/c1-33(2)13-3-14-34-28(36)20-8-4-16-18-6-10-22-27-23(31(39)35(15-12-32)30(22)38)11-7-19(25(18)27)17-5-9-21(29(34)37)26(20)24(16)17/h4-11,32H,3,12-15H2,1-2H3. The highest BCUT2D eigenvalue weighted by molar-refractivity contribution is 6.41. The van der Waals surface area contributed by atoms with E-state index in [1.807, 2.05) is 43.3 Å². The van der Waals surface area contributed by atoms with Crippen LogP contribution in [-0.4, -0.2) is 78.6 Å². The van der Waals surface area contributed by atoms with E-state index in [1.54, 1.807) is 24.3 Å². The highest BCUT2D eigenvalue weighted by atomic mass is 16.2. The minimum absolute atomic E-state index is 0.0457. The molecule has 39 heavy (non-hydrogen) atoms. The lowest BCUT2D eigenvalue weighted by Crippen LogP contribution is -2.42. The Bertz CT molecular complexity index is 1810. The molecule has 0 unspecified atom stereocenters. The third-order valence-corrected chi connectivity index (χ3v) is 8.13.